The molecule has 0 spiro atoms. The third-order valence-electron chi connectivity index (χ3n) is 6.39. The number of benzene rings is 2. The van der Waals surface area contributed by atoms with Gasteiger partial charge in [0.15, 0.2) is 0 Å². The highest BCUT2D eigenvalue weighted by molar-refractivity contribution is 7.98. The fourth-order valence-corrected chi connectivity index (χ4v) is 5.65. The van der Waals surface area contributed by atoms with Gasteiger partial charge in [-0.15, -0.1) is 0 Å². The van der Waals surface area contributed by atoms with Crippen molar-refractivity contribution in [3.05, 3.63) is 94.3 Å². The summed E-state index contributed by atoms with van der Waals surface area (Å²) < 4.78 is 31.0. The average molecular weight is 514 g/mol. The van der Waals surface area contributed by atoms with Crippen molar-refractivity contribution in [2.45, 2.75) is 49.3 Å². The van der Waals surface area contributed by atoms with Crippen LogP contribution in [0.5, 0.6) is 0 Å². The van der Waals surface area contributed by atoms with Gasteiger partial charge in [0.05, 0.1) is 18.1 Å². The molecular formula is C27H26ClF2N3OS. The van der Waals surface area contributed by atoms with Crippen LogP contribution in [-0.2, 0) is 11.2 Å². The van der Waals surface area contributed by atoms with E-state index >= 15 is 0 Å². The topological polar surface area (TPSA) is 45.0 Å². The third-order valence-corrected chi connectivity index (χ3v) is 8.13. The molecule has 3 atom stereocenters. The SMILES string of the molecule is O=C(CC(c1ccc(Cl)cc1)c1cccc(F)c1)Nc1cncc(F)c1CCC1CN1SC1CC1. The molecular weight excluding hydrogens is 488 g/mol. The molecule has 8 heteroatoms. The van der Waals surface area contributed by atoms with Crippen LogP contribution in [0.2, 0.25) is 5.02 Å². The molecule has 2 heterocycles. The number of aromatic nitrogens is 1. The largest absolute Gasteiger partial charge is 0.324 e. The molecule has 1 aliphatic carbocycles. The summed E-state index contributed by atoms with van der Waals surface area (Å²) in [5, 5.41) is 4.21. The van der Waals surface area contributed by atoms with Gasteiger partial charge >= 0.3 is 0 Å². The van der Waals surface area contributed by atoms with E-state index in [0.717, 1.165) is 23.8 Å². The van der Waals surface area contributed by atoms with E-state index in [0.29, 0.717) is 34.3 Å². The second-order valence-electron chi connectivity index (χ2n) is 9.16. The van der Waals surface area contributed by atoms with Crippen molar-refractivity contribution in [2.24, 2.45) is 0 Å². The number of carbonyl (C=O) groups is 1. The van der Waals surface area contributed by atoms with Crippen molar-refractivity contribution in [2.75, 3.05) is 11.9 Å². The van der Waals surface area contributed by atoms with Gasteiger partial charge in [-0.05, 0) is 61.1 Å². The van der Waals surface area contributed by atoms with E-state index in [1.54, 1.807) is 24.3 Å². The average Bonchev–Trinajstić information content (AvgIpc) is 3.77. The second kappa shape index (κ2) is 10.6. The summed E-state index contributed by atoms with van der Waals surface area (Å²) in [6.45, 7) is 1.03. The molecule has 0 bridgehead atoms. The Hall–Kier alpha value is -2.48. The fourth-order valence-electron chi connectivity index (χ4n) is 4.26. The summed E-state index contributed by atoms with van der Waals surface area (Å²) >= 11 is 7.96. The number of hydrogen-bond acceptors (Lipinski definition) is 4. The Balaban J connectivity index is 1.28. The van der Waals surface area contributed by atoms with Gasteiger partial charge in [0, 0.05) is 40.8 Å². The molecule has 5 rings (SSSR count). The summed E-state index contributed by atoms with van der Waals surface area (Å²) in [4.78, 5) is 17.1. The molecule has 1 saturated heterocycles. The molecule has 1 aliphatic heterocycles. The van der Waals surface area contributed by atoms with Crippen LogP contribution in [0, 0.1) is 11.6 Å². The first-order valence-corrected chi connectivity index (χ1v) is 13.0. The van der Waals surface area contributed by atoms with Gasteiger partial charge in [-0.25, -0.2) is 13.1 Å². The van der Waals surface area contributed by atoms with Crippen LogP contribution in [0.1, 0.15) is 48.3 Å². The van der Waals surface area contributed by atoms with E-state index in [9.17, 15) is 13.6 Å². The lowest BCUT2D eigenvalue weighted by Crippen LogP contribution is -2.18. The minimum atomic E-state index is -0.413. The first-order chi connectivity index (χ1) is 17.0. The van der Waals surface area contributed by atoms with Gasteiger partial charge in [-0.1, -0.05) is 47.8 Å². The highest BCUT2D eigenvalue weighted by Gasteiger charge is 2.39. The number of carbonyl (C=O) groups excluding carboxylic acids is 1. The Morgan fingerprint density at radius 1 is 1.14 bits per heavy atom. The van der Waals surface area contributed by atoms with Crippen molar-refractivity contribution in [3.8, 4) is 0 Å². The van der Waals surface area contributed by atoms with Gasteiger partial charge in [0.1, 0.15) is 11.6 Å². The van der Waals surface area contributed by atoms with Crippen LogP contribution in [0.4, 0.5) is 14.5 Å². The minimum Gasteiger partial charge on any atom is -0.324 e. The van der Waals surface area contributed by atoms with E-state index in [2.05, 4.69) is 14.6 Å². The molecule has 1 N–H and O–H groups in total. The molecule has 4 nitrogen and oxygen atoms in total. The van der Waals surface area contributed by atoms with Crippen LogP contribution in [-0.4, -0.2) is 33.0 Å². The van der Waals surface area contributed by atoms with Crippen molar-refractivity contribution in [1.29, 1.82) is 0 Å². The maximum absolute atomic E-state index is 14.7. The quantitative estimate of drug-likeness (QED) is 0.245. The van der Waals surface area contributed by atoms with Crippen LogP contribution in [0.15, 0.2) is 60.9 Å². The molecule has 1 aromatic heterocycles. The lowest BCUT2D eigenvalue weighted by molar-refractivity contribution is -0.116. The molecule has 0 radical (unpaired) electrons. The van der Waals surface area contributed by atoms with E-state index < -0.39 is 5.82 Å². The van der Waals surface area contributed by atoms with E-state index in [-0.39, 0.29) is 24.1 Å². The Labute approximate surface area is 213 Å². The van der Waals surface area contributed by atoms with Crippen LogP contribution < -0.4 is 5.32 Å². The molecule has 2 fully saturated rings. The molecule has 3 aromatic rings. The highest BCUT2D eigenvalue weighted by atomic mass is 35.5. The fraction of sp³-hybridized carbons (Fsp3) is 0.333. The minimum absolute atomic E-state index is 0.0650. The smallest absolute Gasteiger partial charge is 0.225 e. The highest BCUT2D eigenvalue weighted by Crippen LogP contribution is 2.43. The summed E-state index contributed by atoms with van der Waals surface area (Å²) in [5.74, 6) is -1.45. The number of rotatable bonds is 10. The second-order valence-corrected chi connectivity index (χ2v) is 10.9. The Kier molecular flexibility index (Phi) is 7.37. The maximum atomic E-state index is 14.7. The zero-order valence-corrected chi connectivity index (χ0v) is 20.7. The summed E-state index contributed by atoms with van der Waals surface area (Å²) in [6.07, 6.45) is 6.69. The number of amides is 1. The molecule has 1 amide bonds. The zero-order chi connectivity index (χ0) is 24.4. The van der Waals surface area contributed by atoms with Gasteiger partial charge in [0.25, 0.3) is 0 Å². The number of pyridine rings is 1. The zero-order valence-electron chi connectivity index (χ0n) is 19.1. The van der Waals surface area contributed by atoms with Crippen molar-refractivity contribution in [3.63, 3.8) is 0 Å². The lowest BCUT2D eigenvalue weighted by atomic mass is 9.88. The molecule has 182 valence electrons. The normalized spacial score (nSPS) is 19.9. The monoisotopic (exact) mass is 513 g/mol. The number of nitrogens with zero attached hydrogens (tertiary/aromatic N) is 2. The number of hydrogen-bond donors (Lipinski definition) is 1. The third kappa shape index (κ3) is 6.40. The first kappa shape index (κ1) is 24.2. The summed E-state index contributed by atoms with van der Waals surface area (Å²) in [7, 11) is 0. The number of halogens is 3. The van der Waals surface area contributed by atoms with Gasteiger partial charge in [0.2, 0.25) is 5.91 Å². The van der Waals surface area contributed by atoms with Crippen molar-refractivity contribution in [1.82, 2.24) is 9.29 Å². The van der Waals surface area contributed by atoms with E-state index in [4.69, 9.17) is 11.6 Å². The predicted molar refractivity (Wildman–Crippen MR) is 137 cm³/mol. The van der Waals surface area contributed by atoms with Crippen LogP contribution in [0.3, 0.4) is 0 Å². The summed E-state index contributed by atoms with van der Waals surface area (Å²) in [5.41, 5.74) is 2.40. The molecule has 2 aromatic carbocycles. The molecule has 1 saturated carbocycles. The summed E-state index contributed by atoms with van der Waals surface area (Å²) in [6, 6.07) is 13.9. The van der Waals surface area contributed by atoms with E-state index in [1.807, 2.05) is 24.1 Å². The molecule has 35 heavy (non-hydrogen) atoms. The Bertz CT molecular complexity index is 1210. The van der Waals surface area contributed by atoms with Crippen molar-refractivity contribution < 1.29 is 13.6 Å². The van der Waals surface area contributed by atoms with E-state index in [1.165, 1.54) is 37.4 Å². The van der Waals surface area contributed by atoms with Gasteiger partial charge < -0.3 is 5.32 Å². The molecule has 3 unspecified atom stereocenters. The van der Waals surface area contributed by atoms with Crippen LogP contribution >= 0.6 is 23.5 Å². The maximum Gasteiger partial charge on any atom is 0.225 e. The molecule has 2 aliphatic rings. The number of nitrogens with one attached hydrogen (secondary N) is 1. The van der Waals surface area contributed by atoms with Crippen molar-refractivity contribution >= 4 is 35.1 Å². The predicted octanol–water partition coefficient (Wildman–Crippen LogP) is 6.60. The first-order valence-electron chi connectivity index (χ1n) is 11.8. The van der Waals surface area contributed by atoms with Gasteiger partial charge in [-0.3, -0.25) is 9.78 Å². The number of anilines is 1. The Morgan fingerprint density at radius 2 is 1.94 bits per heavy atom. The van der Waals surface area contributed by atoms with Crippen LogP contribution in [0.25, 0.3) is 0 Å². The van der Waals surface area contributed by atoms with Gasteiger partial charge in [-0.2, -0.15) is 0 Å². The standard InChI is InChI=1S/C27H26ClF2N3OS/c28-19-6-4-17(5-7-19)24(18-2-1-3-20(29)12-18)13-27(34)32-26-15-31-14-25(30)23(26)11-8-21-16-33(21)35-22-9-10-22/h1-7,12,14-15,21-22,24H,8-11,13,16H2,(H,32,34). The Morgan fingerprint density at radius 3 is 2.69 bits per heavy atom. The lowest BCUT2D eigenvalue weighted by Gasteiger charge is -2.19.